The van der Waals surface area contributed by atoms with Gasteiger partial charge in [-0.15, -0.1) is 0 Å². The van der Waals surface area contributed by atoms with E-state index in [0.717, 1.165) is 47.3 Å². The summed E-state index contributed by atoms with van der Waals surface area (Å²) >= 11 is 0. The molecule has 172 valence electrons. The highest BCUT2D eigenvalue weighted by molar-refractivity contribution is 6.06. The van der Waals surface area contributed by atoms with Crippen LogP contribution in [0.25, 0.3) is 28.5 Å². The third-order valence-corrected chi connectivity index (χ3v) is 6.37. The van der Waals surface area contributed by atoms with E-state index in [1.807, 2.05) is 71.4 Å². The fourth-order valence-electron chi connectivity index (χ4n) is 4.60. The van der Waals surface area contributed by atoms with E-state index in [4.69, 9.17) is 5.10 Å². The van der Waals surface area contributed by atoms with Crippen LogP contribution >= 0.6 is 0 Å². The van der Waals surface area contributed by atoms with E-state index in [9.17, 15) is 4.79 Å². The van der Waals surface area contributed by atoms with E-state index in [2.05, 4.69) is 39.6 Å². The first-order valence-electron chi connectivity index (χ1n) is 11.7. The van der Waals surface area contributed by atoms with Crippen molar-refractivity contribution in [3.8, 4) is 28.5 Å². The first kappa shape index (κ1) is 21.0. The number of carbonyl (C=O) groups is 1. The Bertz CT molecular complexity index is 1520. The molecule has 2 aromatic heterocycles. The number of aromatic nitrogens is 5. The number of anilines is 1. The summed E-state index contributed by atoms with van der Waals surface area (Å²) in [5.41, 5.74) is 7.15. The number of H-pyrrole nitrogens is 1. The molecular weight excluding hydrogens is 436 g/mol. The highest BCUT2D eigenvalue weighted by Gasteiger charge is 2.27. The fourth-order valence-corrected chi connectivity index (χ4v) is 4.60. The topological polar surface area (TPSA) is 88.5 Å². The van der Waals surface area contributed by atoms with Gasteiger partial charge in [-0.25, -0.2) is 9.67 Å². The van der Waals surface area contributed by atoms with E-state index in [1.54, 1.807) is 0 Å². The summed E-state index contributed by atoms with van der Waals surface area (Å²) in [5, 5.41) is 15.2. The number of para-hydroxylation sites is 1. The summed E-state index contributed by atoms with van der Waals surface area (Å²) in [5.74, 6) is 0.982. The van der Waals surface area contributed by atoms with Crippen LogP contribution in [0, 0.1) is 6.92 Å². The first-order chi connectivity index (χ1) is 17.2. The number of aryl methyl sites for hydroxylation is 1. The molecule has 1 aliphatic carbocycles. The summed E-state index contributed by atoms with van der Waals surface area (Å²) in [6.45, 7) is 2.06. The van der Waals surface area contributed by atoms with Crippen LogP contribution < -0.4 is 5.32 Å². The summed E-state index contributed by atoms with van der Waals surface area (Å²) < 4.78 is 1.92. The largest absolute Gasteiger partial charge is 0.320 e. The van der Waals surface area contributed by atoms with E-state index < -0.39 is 0 Å². The van der Waals surface area contributed by atoms with Gasteiger partial charge < -0.3 is 5.32 Å². The quantitative estimate of drug-likeness (QED) is 0.369. The molecule has 1 aliphatic rings. The van der Waals surface area contributed by atoms with Crippen LogP contribution in [0.1, 0.15) is 33.7 Å². The van der Waals surface area contributed by atoms with Gasteiger partial charge in [0.25, 0.3) is 5.91 Å². The summed E-state index contributed by atoms with van der Waals surface area (Å²) in [6, 6.07) is 25.6. The summed E-state index contributed by atoms with van der Waals surface area (Å²) in [6.07, 6.45) is 2.80. The molecule has 2 heterocycles. The van der Waals surface area contributed by atoms with Crippen LogP contribution in [-0.4, -0.2) is 30.9 Å². The molecule has 2 N–H and O–H groups in total. The van der Waals surface area contributed by atoms with Crippen LogP contribution in [0.4, 0.5) is 5.69 Å². The van der Waals surface area contributed by atoms with E-state index in [1.165, 1.54) is 5.56 Å². The van der Waals surface area contributed by atoms with Gasteiger partial charge >= 0.3 is 0 Å². The molecule has 0 radical (unpaired) electrons. The monoisotopic (exact) mass is 460 g/mol. The van der Waals surface area contributed by atoms with Crippen molar-refractivity contribution in [2.45, 2.75) is 26.2 Å². The van der Waals surface area contributed by atoms with Crippen molar-refractivity contribution in [3.63, 3.8) is 0 Å². The average Bonchev–Trinajstić information content (AvgIpc) is 3.63. The van der Waals surface area contributed by atoms with E-state index in [0.29, 0.717) is 23.0 Å². The van der Waals surface area contributed by atoms with Gasteiger partial charge in [0.2, 0.25) is 0 Å². The molecule has 0 saturated carbocycles. The van der Waals surface area contributed by atoms with Crippen molar-refractivity contribution in [2.24, 2.45) is 0 Å². The Morgan fingerprint density at radius 3 is 2.54 bits per heavy atom. The predicted octanol–water partition coefficient (Wildman–Crippen LogP) is 5.37. The maximum Gasteiger partial charge on any atom is 0.276 e. The molecule has 0 spiro atoms. The average molecular weight is 461 g/mol. The maximum absolute atomic E-state index is 13.4. The van der Waals surface area contributed by atoms with Crippen LogP contribution in [-0.2, 0) is 12.8 Å². The predicted molar refractivity (Wildman–Crippen MR) is 136 cm³/mol. The molecule has 0 atom stereocenters. The number of rotatable bonds is 5. The number of amides is 1. The molecule has 0 fully saturated rings. The number of carbonyl (C=O) groups excluding carboxylic acids is 1. The van der Waals surface area contributed by atoms with Crippen LogP contribution in [0.5, 0.6) is 0 Å². The molecule has 0 unspecified atom stereocenters. The lowest BCUT2D eigenvalue weighted by Gasteiger charge is -2.09. The lowest BCUT2D eigenvalue weighted by molar-refractivity contribution is 0.102. The Kier molecular flexibility index (Phi) is 5.22. The molecule has 7 nitrogen and oxygen atoms in total. The normalized spacial score (nSPS) is 12.5. The lowest BCUT2D eigenvalue weighted by Crippen LogP contribution is -2.15. The summed E-state index contributed by atoms with van der Waals surface area (Å²) in [4.78, 5) is 18.1. The van der Waals surface area contributed by atoms with Crippen LogP contribution in [0.2, 0.25) is 0 Å². The molecular formula is C28H24N6O. The Hall–Kier alpha value is -4.52. The van der Waals surface area contributed by atoms with Crippen LogP contribution in [0.3, 0.4) is 0 Å². The SMILES string of the molecule is Cc1ccc(-n2nc(C(=O)Nc3ccccc3-c3nc(-c4ccccc4)n[nH]3)c3c2CCC3)cc1. The minimum absolute atomic E-state index is 0.218. The van der Waals surface area contributed by atoms with Gasteiger partial charge in [0.15, 0.2) is 17.3 Å². The standard InChI is InChI=1S/C28H24N6O/c1-18-14-16-20(17-15-18)34-24-13-7-11-22(24)25(33-34)28(35)29-23-12-6-5-10-21(23)27-30-26(31-32-27)19-8-3-2-4-9-19/h2-6,8-10,12,14-17H,7,11,13H2,1H3,(H,29,35)(H,30,31,32). The van der Waals surface area contributed by atoms with Gasteiger partial charge in [-0.1, -0.05) is 60.2 Å². The van der Waals surface area contributed by atoms with Crippen molar-refractivity contribution in [3.05, 3.63) is 101 Å². The van der Waals surface area contributed by atoms with Gasteiger partial charge in [-0.2, -0.15) is 10.2 Å². The zero-order valence-electron chi connectivity index (χ0n) is 19.3. The third-order valence-electron chi connectivity index (χ3n) is 6.37. The third kappa shape index (κ3) is 3.91. The fraction of sp³-hybridized carbons (Fsp3) is 0.143. The molecule has 6 rings (SSSR count). The number of aromatic amines is 1. The molecule has 5 aromatic rings. The summed E-state index contributed by atoms with van der Waals surface area (Å²) in [7, 11) is 0. The maximum atomic E-state index is 13.4. The zero-order valence-corrected chi connectivity index (χ0v) is 19.3. The molecule has 3 aromatic carbocycles. The second kappa shape index (κ2) is 8.68. The second-order valence-corrected chi connectivity index (χ2v) is 8.75. The Morgan fingerprint density at radius 2 is 1.71 bits per heavy atom. The minimum Gasteiger partial charge on any atom is -0.320 e. The van der Waals surface area contributed by atoms with Crippen molar-refractivity contribution in [1.29, 1.82) is 0 Å². The number of hydrogen-bond donors (Lipinski definition) is 2. The highest BCUT2D eigenvalue weighted by Crippen LogP contribution is 2.30. The van der Waals surface area contributed by atoms with Gasteiger partial charge in [-0.3, -0.25) is 9.89 Å². The van der Waals surface area contributed by atoms with Crippen molar-refractivity contribution < 1.29 is 4.79 Å². The number of benzene rings is 3. The lowest BCUT2D eigenvalue weighted by atomic mass is 10.1. The van der Waals surface area contributed by atoms with Crippen molar-refractivity contribution in [1.82, 2.24) is 25.0 Å². The first-order valence-corrected chi connectivity index (χ1v) is 11.7. The van der Waals surface area contributed by atoms with Crippen molar-refractivity contribution >= 4 is 11.6 Å². The van der Waals surface area contributed by atoms with Gasteiger partial charge in [0.05, 0.1) is 11.4 Å². The Morgan fingerprint density at radius 1 is 0.943 bits per heavy atom. The molecule has 7 heteroatoms. The molecule has 35 heavy (non-hydrogen) atoms. The van der Waals surface area contributed by atoms with Gasteiger partial charge in [0.1, 0.15) is 0 Å². The number of hydrogen-bond acceptors (Lipinski definition) is 4. The number of fused-ring (bicyclic) bond motifs is 1. The smallest absolute Gasteiger partial charge is 0.276 e. The van der Waals surface area contributed by atoms with Crippen molar-refractivity contribution in [2.75, 3.05) is 5.32 Å². The Balaban J connectivity index is 1.32. The zero-order chi connectivity index (χ0) is 23.8. The highest BCUT2D eigenvalue weighted by atomic mass is 16.2. The minimum atomic E-state index is -0.218. The Labute approximate surface area is 202 Å². The molecule has 1 amide bonds. The molecule has 0 bridgehead atoms. The van der Waals surface area contributed by atoms with Crippen LogP contribution in [0.15, 0.2) is 78.9 Å². The van der Waals surface area contributed by atoms with E-state index >= 15 is 0 Å². The molecule has 0 aliphatic heterocycles. The molecule has 0 saturated heterocycles. The number of nitrogens with one attached hydrogen (secondary N) is 2. The van der Waals surface area contributed by atoms with Gasteiger partial charge in [0, 0.05) is 22.4 Å². The van der Waals surface area contributed by atoms with Gasteiger partial charge in [-0.05, 0) is 50.5 Å². The number of nitrogens with zero attached hydrogens (tertiary/aromatic N) is 4. The van der Waals surface area contributed by atoms with E-state index in [-0.39, 0.29) is 5.91 Å². The second-order valence-electron chi connectivity index (χ2n) is 8.75.